The van der Waals surface area contributed by atoms with Gasteiger partial charge in [-0.05, 0) is 25.5 Å². The van der Waals surface area contributed by atoms with Gasteiger partial charge in [0, 0.05) is 19.3 Å². The normalized spacial score (nSPS) is 11.3. The Morgan fingerprint density at radius 3 is 2.90 bits per heavy atom. The minimum Gasteiger partial charge on any atom is -0.325 e. The first-order valence-electron chi connectivity index (χ1n) is 6.72. The van der Waals surface area contributed by atoms with Crippen molar-refractivity contribution in [1.29, 1.82) is 0 Å². The number of fused-ring (bicyclic) bond motifs is 1. The highest BCUT2D eigenvalue weighted by molar-refractivity contribution is 7.15. The number of aromatic nitrogens is 4. The van der Waals surface area contributed by atoms with Crippen molar-refractivity contribution >= 4 is 22.5 Å². The molecule has 0 atom stereocenters. The topological polar surface area (TPSA) is 69.6 Å². The molecule has 0 aliphatic heterocycles. The monoisotopic (exact) mass is 287 g/mol. The number of hydrogen-bond acceptors (Lipinski definition) is 5. The van der Waals surface area contributed by atoms with Crippen molar-refractivity contribution in [3.8, 4) is 10.7 Å². The highest BCUT2D eigenvalue weighted by Gasteiger charge is 2.17. The van der Waals surface area contributed by atoms with Crippen molar-refractivity contribution in [2.75, 3.05) is 0 Å². The van der Waals surface area contributed by atoms with Crippen LogP contribution in [0.5, 0.6) is 0 Å². The second kappa shape index (κ2) is 5.30. The number of nitrogens with zero attached hydrogens (tertiary/aromatic N) is 4. The molecular formula is C14H17N5S. The molecule has 0 aromatic carbocycles. The number of rotatable bonds is 4. The number of imidazole rings is 1. The van der Waals surface area contributed by atoms with Gasteiger partial charge in [0.25, 0.3) is 0 Å². The summed E-state index contributed by atoms with van der Waals surface area (Å²) < 4.78 is 2.18. The van der Waals surface area contributed by atoms with Gasteiger partial charge in [0.2, 0.25) is 0 Å². The second-order valence-electron chi connectivity index (χ2n) is 4.66. The van der Waals surface area contributed by atoms with Crippen LogP contribution in [-0.2, 0) is 13.1 Å². The molecule has 5 nitrogen and oxygen atoms in total. The van der Waals surface area contributed by atoms with Crippen LogP contribution in [0.15, 0.2) is 18.3 Å². The lowest BCUT2D eigenvalue weighted by atomic mass is 10.3. The van der Waals surface area contributed by atoms with E-state index in [1.54, 1.807) is 11.3 Å². The predicted octanol–water partition coefficient (Wildman–Crippen LogP) is 2.73. The van der Waals surface area contributed by atoms with Gasteiger partial charge in [0.15, 0.2) is 11.5 Å². The smallest absolute Gasteiger partial charge is 0.160 e. The van der Waals surface area contributed by atoms with E-state index >= 15 is 0 Å². The third kappa shape index (κ3) is 2.10. The van der Waals surface area contributed by atoms with Gasteiger partial charge in [-0.3, -0.25) is 0 Å². The van der Waals surface area contributed by atoms with E-state index in [0.29, 0.717) is 6.54 Å². The van der Waals surface area contributed by atoms with Crippen molar-refractivity contribution in [3.63, 3.8) is 0 Å². The number of thiazole rings is 1. The molecule has 0 unspecified atom stereocenters. The first-order chi connectivity index (χ1) is 9.74. The molecule has 20 heavy (non-hydrogen) atoms. The van der Waals surface area contributed by atoms with Gasteiger partial charge in [-0.1, -0.05) is 6.92 Å². The molecule has 3 aromatic rings. The van der Waals surface area contributed by atoms with Crippen LogP contribution in [0, 0.1) is 6.92 Å². The van der Waals surface area contributed by atoms with E-state index in [9.17, 15) is 0 Å². The van der Waals surface area contributed by atoms with Crippen molar-refractivity contribution in [2.24, 2.45) is 5.73 Å². The van der Waals surface area contributed by atoms with Crippen LogP contribution < -0.4 is 5.73 Å². The Kier molecular flexibility index (Phi) is 3.50. The molecule has 3 aromatic heterocycles. The van der Waals surface area contributed by atoms with Gasteiger partial charge in [0.1, 0.15) is 10.5 Å². The number of pyridine rings is 1. The molecule has 0 radical (unpaired) electrons. The van der Waals surface area contributed by atoms with E-state index in [1.807, 2.05) is 25.3 Å². The molecule has 0 fully saturated rings. The third-order valence-electron chi connectivity index (χ3n) is 3.17. The van der Waals surface area contributed by atoms with Crippen LogP contribution in [0.1, 0.15) is 24.0 Å². The Morgan fingerprint density at radius 1 is 1.35 bits per heavy atom. The summed E-state index contributed by atoms with van der Waals surface area (Å²) in [5, 5.41) is 0.945. The molecule has 0 aliphatic rings. The average Bonchev–Trinajstić information content (AvgIpc) is 3.00. The van der Waals surface area contributed by atoms with Crippen LogP contribution in [0.2, 0.25) is 0 Å². The Hall–Kier alpha value is -1.79. The zero-order valence-corrected chi connectivity index (χ0v) is 12.4. The molecule has 3 rings (SSSR count). The predicted molar refractivity (Wildman–Crippen MR) is 81.6 cm³/mol. The molecule has 2 N–H and O–H groups in total. The number of aryl methyl sites for hydroxylation is 2. The largest absolute Gasteiger partial charge is 0.325 e. The average molecular weight is 287 g/mol. The minimum atomic E-state index is 0.470. The maximum Gasteiger partial charge on any atom is 0.160 e. The fourth-order valence-corrected chi connectivity index (χ4v) is 3.26. The maximum absolute atomic E-state index is 5.69. The summed E-state index contributed by atoms with van der Waals surface area (Å²) >= 11 is 1.62. The van der Waals surface area contributed by atoms with Gasteiger partial charge in [-0.15, -0.1) is 11.3 Å². The van der Waals surface area contributed by atoms with E-state index in [-0.39, 0.29) is 0 Å². The van der Waals surface area contributed by atoms with Crippen molar-refractivity contribution in [3.05, 3.63) is 29.0 Å². The zero-order valence-electron chi connectivity index (χ0n) is 11.6. The minimum absolute atomic E-state index is 0.470. The summed E-state index contributed by atoms with van der Waals surface area (Å²) in [5.74, 6) is 0.954. The van der Waals surface area contributed by atoms with Gasteiger partial charge >= 0.3 is 0 Å². The standard InChI is InChI=1S/C14H17N5S/c1-3-7-19-13-10(5-4-6-16-13)18-14(19)12-9(2)17-11(8-15)20-12/h4-6H,3,7-8,15H2,1-2H3. The quantitative estimate of drug-likeness (QED) is 0.801. The van der Waals surface area contributed by atoms with Gasteiger partial charge in [0.05, 0.1) is 10.6 Å². The summed E-state index contributed by atoms with van der Waals surface area (Å²) in [4.78, 5) is 14.8. The first kappa shape index (κ1) is 13.2. The molecule has 0 saturated heterocycles. The van der Waals surface area contributed by atoms with Crippen LogP contribution in [-0.4, -0.2) is 19.5 Å². The fourth-order valence-electron chi connectivity index (χ4n) is 2.31. The summed E-state index contributed by atoms with van der Waals surface area (Å²) in [6.07, 6.45) is 2.85. The number of nitrogens with two attached hydrogens (primary N) is 1. The first-order valence-corrected chi connectivity index (χ1v) is 7.54. The molecule has 0 saturated carbocycles. The lowest BCUT2D eigenvalue weighted by Gasteiger charge is -2.05. The third-order valence-corrected chi connectivity index (χ3v) is 4.35. The van der Waals surface area contributed by atoms with Gasteiger partial charge in [-0.2, -0.15) is 0 Å². The van der Waals surface area contributed by atoms with Crippen molar-refractivity contribution in [2.45, 2.75) is 33.4 Å². The Labute approximate surface area is 121 Å². The Bertz CT molecular complexity index is 743. The van der Waals surface area contributed by atoms with Crippen LogP contribution in [0.4, 0.5) is 0 Å². The molecule has 6 heteroatoms. The van der Waals surface area contributed by atoms with E-state index in [4.69, 9.17) is 10.7 Å². The second-order valence-corrected chi connectivity index (χ2v) is 5.74. The number of hydrogen-bond donors (Lipinski definition) is 1. The van der Waals surface area contributed by atoms with E-state index < -0.39 is 0 Å². The molecule has 0 spiro atoms. The molecule has 0 aliphatic carbocycles. The van der Waals surface area contributed by atoms with Crippen LogP contribution in [0.25, 0.3) is 21.9 Å². The molecule has 0 amide bonds. The van der Waals surface area contributed by atoms with Gasteiger partial charge < -0.3 is 10.3 Å². The van der Waals surface area contributed by atoms with Crippen molar-refractivity contribution in [1.82, 2.24) is 19.5 Å². The SMILES string of the molecule is CCCn1c(-c2sc(CN)nc2C)nc2cccnc21. The van der Waals surface area contributed by atoms with E-state index in [2.05, 4.69) is 21.5 Å². The highest BCUT2D eigenvalue weighted by Crippen LogP contribution is 2.31. The molecule has 3 heterocycles. The Morgan fingerprint density at radius 2 is 2.20 bits per heavy atom. The summed E-state index contributed by atoms with van der Waals surface area (Å²) in [5.41, 5.74) is 8.54. The molecular weight excluding hydrogens is 270 g/mol. The summed E-state index contributed by atoms with van der Waals surface area (Å²) in [6, 6.07) is 3.92. The molecule has 104 valence electrons. The fraction of sp³-hybridized carbons (Fsp3) is 0.357. The Balaban J connectivity index is 2.23. The zero-order chi connectivity index (χ0) is 14.1. The van der Waals surface area contributed by atoms with Crippen LogP contribution >= 0.6 is 11.3 Å². The van der Waals surface area contributed by atoms with Gasteiger partial charge in [-0.25, -0.2) is 15.0 Å². The summed E-state index contributed by atoms with van der Waals surface area (Å²) in [7, 11) is 0. The van der Waals surface area contributed by atoms with Crippen LogP contribution in [0.3, 0.4) is 0 Å². The van der Waals surface area contributed by atoms with E-state index in [0.717, 1.165) is 45.5 Å². The lowest BCUT2D eigenvalue weighted by molar-refractivity contribution is 0.699. The molecule has 0 bridgehead atoms. The highest BCUT2D eigenvalue weighted by atomic mass is 32.1. The van der Waals surface area contributed by atoms with Crippen molar-refractivity contribution < 1.29 is 0 Å². The van der Waals surface area contributed by atoms with E-state index in [1.165, 1.54) is 0 Å². The lowest BCUT2D eigenvalue weighted by Crippen LogP contribution is -2.00. The summed E-state index contributed by atoms with van der Waals surface area (Å²) in [6.45, 7) is 5.54. The maximum atomic E-state index is 5.69.